The normalized spacial score (nSPS) is 19.9. The third-order valence-electron chi connectivity index (χ3n) is 3.73. The molecule has 0 aliphatic heterocycles. The van der Waals surface area contributed by atoms with Crippen LogP contribution in [0.25, 0.3) is 0 Å². The summed E-state index contributed by atoms with van der Waals surface area (Å²) in [4.78, 5) is 23.8. The van der Waals surface area contributed by atoms with Crippen molar-refractivity contribution in [2.75, 3.05) is 0 Å². The second-order valence-electron chi connectivity index (χ2n) is 5.38. The van der Waals surface area contributed by atoms with Gasteiger partial charge in [0, 0.05) is 12.0 Å². The quantitative estimate of drug-likeness (QED) is 0.788. The van der Waals surface area contributed by atoms with Crippen LogP contribution >= 0.6 is 0 Å². The Morgan fingerprint density at radius 3 is 2.28 bits per heavy atom. The number of carbonyl (C=O) groups is 2. The van der Waals surface area contributed by atoms with E-state index in [4.69, 9.17) is 0 Å². The average Bonchev–Trinajstić information content (AvgIpc) is 2.39. The van der Waals surface area contributed by atoms with Gasteiger partial charge in [-0.15, -0.1) is 0 Å². The van der Waals surface area contributed by atoms with E-state index in [-0.39, 0.29) is 23.8 Å². The Balaban J connectivity index is 2.35. The zero-order valence-corrected chi connectivity index (χ0v) is 11.8. The van der Waals surface area contributed by atoms with E-state index in [9.17, 15) is 9.59 Å². The van der Waals surface area contributed by atoms with Crippen molar-refractivity contribution in [1.29, 1.82) is 0 Å². The molecule has 18 heavy (non-hydrogen) atoms. The first-order valence-electron chi connectivity index (χ1n) is 7.15. The molecule has 2 atom stereocenters. The van der Waals surface area contributed by atoms with Gasteiger partial charge < -0.3 is 10.6 Å². The van der Waals surface area contributed by atoms with Gasteiger partial charge in [-0.1, -0.05) is 26.2 Å². The van der Waals surface area contributed by atoms with Crippen molar-refractivity contribution < 1.29 is 9.59 Å². The summed E-state index contributed by atoms with van der Waals surface area (Å²) in [6.45, 7) is 5.74. The molecule has 4 heteroatoms. The second kappa shape index (κ2) is 7.39. The average molecular weight is 254 g/mol. The van der Waals surface area contributed by atoms with Gasteiger partial charge in [-0.25, -0.2) is 0 Å². The summed E-state index contributed by atoms with van der Waals surface area (Å²) in [7, 11) is 0. The molecule has 0 heterocycles. The zero-order valence-electron chi connectivity index (χ0n) is 11.8. The summed E-state index contributed by atoms with van der Waals surface area (Å²) in [6, 6.07) is -0.278. The van der Waals surface area contributed by atoms with Gasteiger partial charge in [-0.05, 0) is 33.1 Å². The van der Waals surface area contributed by atoms with Gasteiger partial charge in [0.15, 0.2) is 0 Å². The van der Waals surface area contributed by atoms with Crippen molar-refractivity contribution >= 4 is 11.8 Å². The van der Waals surface area contributed by atoms with Crippen LogP contribution in [0.4, 0.5) is 0 Å². The highest BCUT2D eigenvalue weighted by molar-refractivity contribution is 5.88. The van der Waals surface area contributed by atoms with Gasteiger partial charge in [0.25, 0.3) is 0 Å². The minimum absolute atomic E-state index is 0.0431. The SMILES string of the molecule is CC[C@@H](C)NC(=O)[C@H](C)NC(=O)C1CCCCC1. The molecule has 0 saturated heterocycles. The second-order valence-corrected chi connectivity index (χ2v) is 5.38. The largest absolute Gasteiger partial charge is 0.352 e. The number of hydrogen-bond donors (Lipinski definition) is 2. The Morgan fingerprint density at radius 2 is 1.72 bits per heavy atom. The van der Waals surface area contributed by atoms with Crippen molar-refractivity contribution in [3.63, 3.8) is 0 Å². The van der Waals surface area contributed by atoms with E-state index < -0.39 is 6.04 Å². The van der Waals surface area contributed by atoms with E-state index >= 15 is 0 Å². The highest BCUT2D eigenvalue weighted by Crippen LogP contribution is 2.23. The van der Waals surface area contributed by atoms with E-state index in [2.05, 4.69) is 10.6 Å². The number of hydrogen-bond acceptors (Lipinski definition) is 2. The smallest absolute Gasteiger partial charge is 0.242 e. The fourth-order valence-electron chi connectivity index (χ4n) is 2.23. The summed E-state index contributed by atoms with van der Waals surface area (Å²) in [5.74, 6) is 0.0626. The Hall–Kier alpha value is -1.06. The summed E-state index contributed by atoms with van der Waals surface area (Å²) in [6.07, 6.45) is 6.32. The van der Waals surface area contributed by atoms with Crippen LogP contribution in [0.3, 0.4) is 0 Å². The Kier molecular flexibility index (Phi) is 6.16. The molecule has 2 N–H and O–H groups in total. The molecule has 0 aromatic rings. The molecule has 0 radical (unpaired) electrons. The van der Waals surface area contributed by atoms with Crippen LogP contribution in [0.15, 0.2) is 0 Å². The van der Waals surface area contributed by atoms with Gasteiger partial charge in [0.05, 0.1) is 0 Å². The predicted octanol–water partition coefficient (Wildman–Crippen LogP) is 1.99. The zero-order chi connectivity index (χ0) is 13.5. The molecule has 2 amide bonds. The molecule has 0 bridgehead atoms. The van der Waals surface area contributed by atoms with Crippen LogP contribution in [-0.2, 0) is 9.59 Å². The molecule has 4 nitrogen and oxygen atoms in total. The molecule has 1 aliphatic carbocycles. The molecule has 1 rings (SSSR count). The molecule has 0 unspecified atom stereocenters. The van der Waals surface area contributed by atoms with Crippen LogP contribution in [0, 0.1) is 5.92 Å². The molecular formula is C14H26N2O2. The summed E-state index contributed by atoms with van der Waals surface area (Å²) in [5.41, 5.74) is 0. The molecule has 1 fully saturated rings. The number of amides is 2. The van der Waals surface area contributed by atoms with Crippen molar-refractivity contribution in [3.05, 3.63) is 0 Å². The summed E-state index contributed by atoms with van der Waals surface area (Å²) >= 11 is 0. The van der Waals surface area contributed by atoms with Crippen LogP contribution in [0.2, 0.25) is 0 Å². The topological polar surface area (TPSA) is 58.2 Å². The van der Waals surface area contributed by atoms with E-state index in [0.717, 1.165) is 32.1 Å². The number of nitrogens with one attached hydrogen (secondary N) is 2. The lowest BCUT2D eigenvalue weighted by Gasteiger charge is -2.23. The molecular weight excluding hydrogens is 228 g/mol. The number of carbonyl (C=O) groups excluding carboxylic acids is 2. The van der Waals surface area contributed by atoms with Crippen molar-refractivity contribution in [3.8, 4) is 0 Å². The van der Waals surface area contributed by atoms with Gasteiger partial charge >= 0.3 is 0 Å². The Morgan fingerprint density at radius 1 is 1.11 bits per heavy atom. The molecule has 1 saturated carbocycles. The highest BCUT2D eigenvalue weighted by atomic mass is 16.2. The first kappa shape index (κ1) is 15.0. The predicted molar refractivity (Wildman–Crippen MR) is 72.1 cm³/mol. The molecule has 0 spiro atoms. The Bertz CT molecular complexity index is 286. The highest BCUT2D eigenvalue weighted by Gasteiger charge is 2.24. The minimum atomic E-state index is -0.437. The van der Waals surface area contributed by atoms with Gasteiger partial charge in [0.2, 0.25) is 11.8 Å². The van der Waals surface area contributed by atoms with E-state index in [0.29, 0.717) is 0 Å². The monoisotopic (exact) mass is 254 g/mol. The van der Waals surface area contributed by atoms with E-state index in [1.807, 2.05) is 13.8 Å². The lowest BCUT2D eigenvalue weighted by molar-refractivity contribution is -0.131. The maximum absolute atomic E-state index is 12.0. The van der Waals surface area contributed by atoms with Crippen molar-refractivity contribution in [2.45, 2.75) is 71.4 Å². The first-order valence-corrected chi connectivity index (χ1v) is 7.15. The molecule has 1 aliphatic rings. The Labute approximate surface area is 110 Å². The maximum Gasteiger partial charge on any atom is 0.242 e. The fourth-order valence-corrected chi connectivity index (χ4v) is 2.23. The lowest BCUT2D eigenvalue weighted by atomic mass is 9.88. The third-order valence-corrected chi connectivity index (χ3v) is 3.73. The van der Waals surface area contributed by atoms with Gasteiger partial charge in [0.1, 0.15) is 6.04 Å². The van der Waals surface area contributed by atoms with Gasteiger partial charge in [-0.2, -0.15) is 0 Å². The molecule has 104 valence electrons. The van der Waals surface area contributed by atoms with Crippen LogP contribution in [0.5, 0.6) is 0 Å². The first-order chi connectivity index (χ1) is 8.54. The van der Waals surface area contributed by atoms with E-state index in [1.54, 1.807) is 6.92 Å². The molecule has 0 aromatic heterocycles. The molecule has 0 aromatic carbocycles. The van der Waals surface area contributed by atoms with Gasteiger partial charge in [-0.3, -0.25) is 9.59 Å². The number of rotatable bonds is 5. The summed E-state index contributed by atoms with van der Waals surface area (Å²) < 4.78 is 0. The standard InChI is InChI=1S/C14H26N2O2/c1-4-10(2)15-13(17)11(3)16-14(18)12-8-6-5-7-9-12/h10-12H,4-9H2,1-3H3,(H,15,17)(H,16,18)/t10-,11+/m1/s1. The van der Waals surface area contributed by atoms with Crippen molar-refractivity contribution in [2.24, 2.45) is 5.92 Å². The summed E-state index contributed by atoms with van der Waals surface area (Å²) in [5, 5.41) is 5.71. The third kappa shape index (κ3) is 4.67. The lowest BCUT2D eigenvalue weighted by Crippen LogP contribution is -2.48. The van der Waals surface area contributed by atoms with Crippen LogP contribution in [0.1, 0.15) is 59.3 Å². The van der Waals surface area contributed by atoms with Crippen molar-refractivity contribution in [1.82, 2.24) is 10.6 Å². The minimum Gasteiger partial charge on any atom is -0.352 e. The van der Waals surface area contributed by atoms with Crippen LogP contribution < -0.4 is 10.6 Å². The van der Waals surface area contributed by atoms with Crippen LogP contribution in [-0.4, -0.2) is 23.9 Å². The maximum atomic E-state index is 12.0. The fraction of sp³-hybridized carbons (Fsp3) is 0.857. The van der Waals surface area contributed by atoms with E-state index in [1.165, 1.54) is 6.42 Å².